The summed E-state index contributed by atoms with van der Waals surface area (Å²) in [6, 6.07) is 33.5. The van der Waals surface area contributed by atoms with Crippen LogP contribution in [-0.4, -0.2) is 35.7 Å². The third-order valence-corrected chi connectivity index (χ3v) is 10.1. The third-order valence-electron chi connectivity index (χ3n) is 8.62. The van der Waals surface area contributed by atoms with E-state index >= 15 is 0 Å². The first kappa shape index (κ1) is 31.3. The van der Waals surface area contributed by atoms with Crippen LogP contribution in [0.2, 0.25) is 0 Å². The Morgan fingerprint density at radius 1 is 0.783 bits per heavy atom. The number of nitrogens with zero attached hydrogens (tertiary/aromatic N) is 2. The summed E-state index contributed by atoms with van der Waals surface area (Å²) in [5.41, 5.74) is 1.64. The molecule has 0 N–H and O–H groups in total. The molecule has 1 fully saturated rings. The zero-order valence-corrected chi connectivity index (χ0v) is 26.9. The van der Waals surface area contributed by atoms with E-state index in [9.17, 15) is 18.0 Å². The molecule has 8 heteroatoms. The fourth-order valence-electron chi connectivity index (χ4n) is 6.60. The van der Waals surface area contributed by atoms with Crippen LogP contribution in [0.3, 0.4) is 0 Å². The SMILES string of the molecule is CC(C)(C)C(c1cccc(CS(=O)(=O)c2ncc3ccccc3n2)c1)C1C(=O)OC(Cc2ccccc2)(Cc2ccccc2)C1=O. The lowest BCUT2D eigenvalue weighted by Crippen LogP contribution is -2.44. The predicted molar refractivity (Wildman–Crippen MR) is 177 cm³/mol. The number of fused-ring (bicyclic) bond motifs is 1. The van der Waals surface area contributed by atoms with E-state index < -0.39 is 38.7 Å². The summed E-state index contributed by atoms with van der Waals surface area (Å²) in [4.78, 5) is 37.0. The number of rotatable bonds is 9. The van der Waals surface area contributed by atoms with Crippen LogP contribution in [0.25, 0.3) is 10.9 Å². The van der Waals surface area contributed by atoms with Crippen LogP contribution in [-0.2, 0) is 42.8 Å². The normalized spacial score (nSPS) is 17.2. The molecule has 4 aromatic carbocycles. The van der Waals surface area contributed by atoms with Crippen LogP contribution in [0.4, 0.5) is 0 Å². The molecule has 0 radical (unpaired) electrons. The summed E-state index contributed by atoms with van der Waals surface area (Å²) in [5.74, 6) is -2.78. The maximum absolute atomic E-state index is 14.7. The summed E-state index contributed by atoms with van der Waals surface area (Å²) in [5, 5.41) is 0.505. The van der Waals surface area contributed by atoms with Gasteiger partial charge in [0.25, 0.3) is 0 Å². The summed E-state index contributed by atoms with van der Waals surface area (Å²) in [7, 11) is -3.89. The first-order valence-corrected chi connectivity index (χ1v) is 17.0. The quantitative estimate of drug-likeness (QED) is 0.101. The molecule has 46 heavy (non-hydrogen) atoms. The summed E-state index contributed by atoms with van der Waals surface area (Å²) in [6.07, 6.45) is 2.02. The lowest BCUT2D eigenvalue weighted by molar-refractivity contribution is -0.153. The fraction of sp³-hybridized carbons (Fsp3) is 0.263. The number of benzene rings is 4. The number of esters is 1. The largest absolute Gasteiger partial charge is 0.450 e. The second kappa shape index (κ2) is 12.2. The molecular formula is C38H36N2O5S. The van der Waals surface area contributed by atoms with Crippen molar-refractivity contribution < 1.29 is 22.7 Å². The highest BCUT2D eigenvalue weighted by molar-refractivity contribution is 7.90. The molecule has 0 aliphatic carbocycles. The average molecular weight is 633 g/mol. The van der Waals surface area contributed by atoms with E-state index in [1.54, 1.807) is 30.3 Å². The number of Topliss-reactive ketones (excluding diaryl/α,β-unsaturated/α-hetero) is 1. The van der Waals surface area contributed by atoms with E-state index in [4.69, 9.17) is 4.74 Å². The van der Waals surface area contributed by atoms with Gasteiger partial charge in [0.2, 0.25) is 15.0 Å². The average Bonchev–Trinajstić information content (AvgIpc) is 3.25. The van der Waals surface area contributed by atoms with Gasteiger partial charge in [-0.05, 0) is 33.7 Å². The minimum absolute atomic E-state index is 0.245. The highest BCUT2D eigenvalue weighted by Gasteiger charge is 2.59. The summed E-state index contributed by atoms with van der Waals surface area (Å²) in [6.45, 7) is 5.96. The van der Waals surface area contributed by atoms with Crippen LogP contribution >= 0.6 is 0 Å². The van der Waals surface area contributed by atoms with Crippen LogP contribution in [0, 0.1) is 11.3 Å². The van der Waals surface area contributed by atoms with Gasteiger partial charge >= 0.3 is 5.97 Å². The molecule has 1 aliphatic heterocycles. The molecule has 0 saturated carbocycles. The molecule has 5 aromatic rings. The van der Waals surface area contributed by atoms with Gasteiger partial charge in [0.05, 0.1) is 11.3 Å². The molecule has 0 amide bonds. The van der Waals surface area contributed by atoms with Crippen molar-refractivity contribution in [2.24, 2.45) is 11.3 Å². The molecule has 2 atom stereocenters. The monoisotopic (exact) mass is 632 g/mol. The van der Waals surface area contributed by atoms with E-state index in [-0.39, 0.29) is 29.5 Å². The van der Waals surface area contributed by atoms with E-state index in [0.717, 1.165) is 16.5 Å². The Hall–Kier alpha value is -4.69. The van der Waals surface area contributed by atoms with E-state index in [2.05, 4.69) is 9.97 Å². The van der Waals surface area contributed by atoms with Crippen molar-refractivity contribution in [3.63, 3.8) is 0 Å². The summed E-state index contributed by atoms with van der Waals surface area (Å²) >= 11 is 0. The molecule has 0 spiro atoms. The lowest BCUT2D eigenvalue weighted by Gasteiger charge is -2.34. The van der Waals surface area contributed by atoms with Crippen LogP contribution in [0.15, 0.2) is 121 Å². The number of sulfone groups is 1. The first-order chi connectivity index (χ1) is 22.0. The zero-order valence-electron chi connectivity index (χ0n) is 26.1. The number of ketones is 1. The van der Waals surface area contributed by atoms with Gasteiger partial charge in [-0.25, -0.2) is 18.4 Å². The number of cyclic esters (lactones) is 1. The topological polar surface area (TPSA) is 103 Å². The molecule has 7 nitrogen and oxygen atoms in total. The number of aromatic nitrogens is 2. The number of carbonyl (C=O) groups is 2. The highest BCUT2D eigenvalue weighted by atomic mass is 32.2. The molecule has 6 rings (SSSR count). The van der Waals surface area contributed by atoms with Gasteiger partial charge in [-0.1, -0.05) is 124 Å². The minimum atomic E-state index is -3.89. The Labute approximate surface area is 269 Å². The van der Waals surface area contributed by atoms with Gasteiger partial charge < -0.3 is 4.74 Å². The number of hydrogen-bond donors (Lipinski definition) is 0. The second-order valence-corrected chi connectivity index (χ2v) is 15.0. The number of hydrogen-bond acceptors (Lipinski definition) is 7. The van der Waals surface area contributed by atoms with Crippen LogP contribution < -0.4 is 0 Å². The summed E-state index contributed by atoms with van der Waals surface area (Å²) < 4.78 is 33.1. The molecule has 1 aliphatic rings. The minimum Gasteiger partial charge on any atom is -0.450 e. The number of para-hydroxylation sites is 1. The molecule has 2 heterocycles. The molecule has 2 unspecified atom stereocenters. The maximum atomic E-state index is 14.7. The Morgan fingerprint density at radius 2 is 1.37 bits per heavy atom. The Kier molecular flexibility index (Phi) is 8.33. The standard InChI is InChI=1S/C38H36N2O5S/c1-37(2,3)33(29-19-12-17-28(21-29)25-46(43,44)36-39-24-30-18-10-11-20-31(30)40-36)32-34(41)38(45-35(32)42,22-26-13-6-4-7-14-26)23-27-15-8-5-9-16-27/h4-21,24,32-33H,22-23,25H2,1-3H3. The van der Waals surface area contributed by atoms with Gasteiger partial charge in [0.15, 0.2) is 11.4 Å². The fourth-order valence-corrected chi connectivity index (χ4v) is 7.80. The first-order valence-electron chi connectivity index (χ1n) is 15.3. The maximum Gasteiger partial charge on any atom is 0.318 e. The van der Waals surface area contributed by atoms with Gasteiger partial charge in [0.1, 0.15) is 5.92 Å². The highest BCUT2D eigenvalue weighted by Crippen LogP contribution is 2.48. The smallest absolute Gasteiger partial charge is 0.318 e. The number of carbonyl (C=O) groups excluding carboxylic acids is 2. The Bertz CT molecular complexity index is 1960. The van der Waals surface area contributed by atoms with Crippen molar-refractivity contribution >= 4 is 32.5 Å². The molecule has 1 aromatic heterocycles. The second-order valence-electron chi connectivity index (χ2n) is 13.1. The number of ether oxygens (including phenoxy) is 1. The van der Waals surface area contributed by atoms with Crippen molar-refractivity contribution in [2.45, 2.75) is 56.0 Å². The molecule has 0 bridgehead atoms. The van der Waals surface area contributed by atoms with Gasteiger partial charge in [0, 0.05) is 30.3 Å². The van der Waals surface area contributed by atoms with Crippen molar-refractivity contribution in [3.05, 3.63) is 138 Å². The van der Waals surface area contributed by atoms with Crippen molar-refractivity contribution in [1.29, 1.82) is 0 Å². The Balaban J connectivity index is 1.35. The van der Waals surface area contributed by atoms with Crippen LogP contribution in [0.5, 0.6) is 0 Å². The van der Waals surface area contributed by atoms with E-state index in [1.807, 2.05) is 99.6 Å². The zero-order chi connectivity index (χ0) is 32.5. The van der Waals surface area contributed by atoms with Crippen molar-refractivity contribution in [2.75, 3.05) is 0 Å². The Morgan fingerprint density at radius 3 is 2.00 bits per heavy atom. The third kappa shape index (κ3) is 6.35. The predicted octanol–water partition coefficient (Wildman–Crippen LogP) is 6.70. The van der Waals surface area contributed by atoms with Gasteiger partial charge in [-0.2, -0.15) is 0 Å². The van der Waals surface area contributed by atoms with Gasteiger partial charge in [-0.3, -0.25) is 9.59 Å². The van der Waals surface area contributed by atoms with Crippen molar-refractivity contribution in [1.82, 2.24) is 9.97 Å². The lowest BCUT2D eigenvalue weighted by atomic mass is 9.66. The molecule has 234 valence electrons. The van der Waals surface area contributed by atoms with E-state index in [1.165, 1.54) is 6.20 Å². The van der Waals surface area contributed by atoms with E-state index in [0.29, 0.717) is 16.6 Å². The van der Waals surface area contributed by atoms with Gasteiger partial charge in [-0.15, -0.1) is 0 Å². The van der Waals surface area contributed by atoms with Crippen molar-refractivity contribution in [3.8, 4) is 0 Å². The molecule has 1 saturated heterocycles. The molecular weight excluding hydrogens is 596 g/mol. The van der Waals surface area contributed by atoms with Crippen LogP contribution in [0.1, 0.15) is 48.9 Å².